The predicted molar refractivity (Wildman–Crippen MR) is 122 cm³/mol. The molecule has 1 atom stereocenters. The van der Waals surface area contributed by atoms with Crippen molar-refractivity contribution in [3.8, 4) is 11.5 Å². The number of benzene rings is 2. The van der Waals surface area contributed by atoms with Gasteiger partial charge in [0.1, 0.15) is 18.1 Å². The molecule has 1 aliphatic rings. The van der Waals surface area contributed by atoms with Crippen molar-refractivity contribution in [1.29, 1.82) is 0 Å². The first kappa shape index (κ1) is 23.0. The van der Waals surface area contributed by atoms with E-state index in [0.717, 1.165) is 4.90 Å². The Labute approximate surface area is 193 Å². The van der Waals surface area contributed by atoms with Gasteiger partial charge in [0.15, 0.2) is 0 Å². The van der Waals surface area contributed by atoms with Gasteiger partial charge in [-0.15, -0.1) is 11.8 Å². The van der Waals surface area contributed by atoms with E-state index in [-0.39, 0.29) is 6.61 Å². The van der Waals surface area contributed by atoms with Gasteiger partial charge in [0.05, 0.1) is 30.3 Å². The minimum atomic E-state index is -0.776. The number of halogens is 1. The van der Waals surface area contributed by atoms with Gasteiger partial charge < -0.3 is 24.8 Å². The summed E-state index contributed by atoms with van der Waals surface area (Å²) in [6.45, 7) is 1.90. The van der Waals surface area contributed by atoms with Gasteiger partial charge in [-0.25, -0.2) is 9.59 Å². The standard InChI is InChI=1S/C22H23BrN2O5S/c1-13-17(21(26)30-11-12-31-14-7-5-4-6-8-14)20(25-22(27)24-13)18-15(28-2)9-10-16(29-3)19(18)23/h4-10,20H,11-12H2,1-3H3,(H2,24,25,27)/t20-/m0/s1. The Morgan fingerprint density at radius 2 is 1.77 bits per heavy atom. The van der Waals surface area contributed by atoms with Gasteiger partial charge in [-0.2, -0.15) is 0 Å². The van der Waals surface area contributed by atoms with E-state index in [1.54, 1.807) is 30.8 Å². The number of carbonyl (C=O) groups excluding carboxylic acids is 2. The fourth-order valence-electron chi connectivity index (χ4n) is 3.23. The third kappa shape index (κ3) is 5.34. The molecular weight excluding hydrogens is 484 g/mol. The molecule has 0 bridgehead atoms. The quantitative estimate of drug-likeness (QED) is 0.313. The smallest absolute Gasteiger partial charge is 0.338 e. The van der Waals surface area contributed by atoms with Crippen molar-refractivity contribution in [2.75, 3.05) is 26.6 Å². The molecule has 0 saturated heterocycles. The van der Waals surface area contributed by atoms with Crippen LogP contribution in [0.15, 0.2) is 63.1 Å². The summed E-state index contributed by atoms with van der Waals surface area (Å²) in [6.07, 6.45) is 0. The van der Waals surface area contributed by atoms with E-state index < -0.39 is 18.0 Å². The number of carbonyl (C=O) groups is 2. The summed E-state index contributed by atoms with van der Waals surface area (Å²) in [5.41, 5.74) is 1.30. The summed E-state index contributed by atoms with van der Waals surface area (Å²) in [5.74, 6) is 1.14. The minimum Gasteiger partial charge on any atom is -0.496 e. The molecule has 0 aliphatic carbocycles. The van der Waals surface area contributed by atoms with Crippen LogP contribution in [0.5, 0.6) is 11.5 Å². The molecule has 3 rings (SSSR count). The van der Waals surface area contributed by atoms with Crippen LogP contribution in [0, 0.1) is 0 Å². The lowest BCUT2D eigenvalue weighted by Gasteiger charge is -2.30. The van der Waals surface area contributed by atoms with Gasteiger partial charge in [-0.05, 0) is 47.1 Å². The Bertz CT molecular complexity index is 997. The number of urea groups is 1. The molecule has 0 unspecified atom stereocenters. The number of thioether (sulfide) groups is 1. The van der Waals surface area contributed by atoms with Crippen LogP contribution >= 0.6 is 27.7 Å². The summed E-state index contributed by atoms with van der Waals surface area (Å²) < 4.78 is 17.0. The number of hydrogen-bond donors (Lipinski definition) is 2. The molecule has 2 aromatic rings. The molecule has 164 valence electrons. The lowest BCUT2D eigenvalue weighted by atomic mass is 9.94. The number of esters is 1. The zero-order chi connectivity index (χ0) is 22.4. The van der Waals surface area contributed by atoms with Crippen molar-refractivity contribution in [3.63, 3.8) is 0 Å². The topological polar surface area (TPSA) is 85.9 Å². The maximum atomic E-state index is 13.0. The fourth-order valence-corrected chi connectivity index (χ4v) is 4.70. The number of rotatable bonds is 8. The second kappa shape index (κ2) is 10.6. The van der Waals surface area contributed by atoms with Gasteiger partial charge >= 0.3 is 12.0 Å². The number of hydrogen-bond acceptors (Lipinski definition) is 6. The van der Waals surface area contributed by atoms with Crippen LogP contribution < -0.4 is 20.1 Å². The highest BCUT2D eigenvalue weighted by Crippen LogP contribution is 2.42. The maximum Gasteiger partial charge on any atom is 0.338 e. The molecular formula is C22H23BrN2O5S. The Balaban J connectivity index is 1.83. The average Bonchev–Trinajstić information content (AvgIpc) is 2.76. The largest absolute Gasteiger partial charge is 0.496 e. The van der Waals surface area contributed by atoms with Gasteiger partial charge in [-0.1, -0.05) is 18.2 Å². The van der Waals surface area contributed by atoms with Crippen LogP contribution in [0.4, 0.5) is 4.79 Å². The van der Waals surface area contributed by atoms with Crippen LogP contribution in [0.2, 0.25) is 0 Å². The van der Waals surface area contributed by atoms with E-state index in [4.69, 9.17) is 14.2 Å². The summed E-state index contributed by atoms with van der Waals surface area (Å²) in [5, 5.41) is 5.45. The van der Waals surface area contributed by atoms with Gasteiger partial charge in [-0.3, -0.25) is 0 Å². The summed E-state index contributed by atoms with van der Waals surface area (Å²) in [7, 11) is 3.06. The van der Waals surface area contributed by atoms with Crippen molar-refractivity contribution in [3.05, 3.63) is 63.8 Å². The summed E-state index contributed by atoms with van der Waals surface area (Å²) in [4.78, 5) is 26.3. The highest BCUT2D eigenvalue weighted by atomic mass is 79.9. The van der Waals surface area contributed by atoms with Gasteiger partial charge in [0.25, 0.3) is 0 Å². The van der Waals surface area contributed by atoms with E-state index in [0.29, 0.717) is 38.6 Å². The van der Waals surface area contributed by atoms with Crippen molar-refractivity contribution in [2.24, 2.45) is 0 Å². The molecule has 2 N–H and O–H groups in total. The number of nitrogens with one attached hydrogen (secondary N) is 2. The maximum absolute atomic E-state index is 13.0. The Morgan fingerprint density at radius 1 is 1.10 bits per heavy atom. The van der Waals surface area contributed by atoms with Crippen LogP contribution in [-0.2, 0) is 9.53 Å². The highest BCUT2D eigenvalue weighted by Gasteiger charge is 2.36. The molecule has 31 heavy (non-hydrogen) atoms. The zero-order valence-corrected chi connectivity index (χ0v) is 19.8. The molecule has 1 aliphatic heterocycles. The Hall–Kier alpha value is -2.65. The number of allylic oxidation sites excluding steroid dienone is 1. The molecule has 0 spiro atoms. The summed E-state index contributed by atoms with van der Waals surface area (Å²) in [6, 6.07) is 12.1. The zero-order valence-electron chi connectivity index (χ0n) is 17.4. The Morgan fingerprint density at radius 3 is 2.45 bits per heavy atom. The first-order chi connectivity index (χ1) is 15.0. The van der Waals surface area contributed by atoms with Gasteiger partial charge in [0, 0.05) is 21.9 Å². The molecule has 0 fully saturated rings. The molecule has 0 aromatic heterocycles. The monoisotopic (exact) mass is 506 g/mol. The van der Waals surface area contributed by atoms with Crippen molar-refractivity contribution in [1.82, 2.24) is 10.6 Å². The van der Waals surface area contributed by atoms with Crippen molar-refractivity contribution < 1.29 is 23.8 Å². The van der Waals surface area contributed by atoms with E-state index in [1.165, 1.54) is 14.2 Å². The van der Waals surface area contributed by atoms with Crippen molar-refractivity contribution in [2.45, 2.75) is 17.9 Å². The minimum absolute atomic E-state index is 0.228. The fraction of sp³-hybridized carbons (Fsp3) is 0.273. The van der Waals surface area contributed by atoms with Crippen LogP contribution in [0.25, 0.3) is 0 Å². The molecule has 9 heteroatoms. The number of ether oxygens (including phenoxy) is 3. The number of methoxy groups -OCH3 is 2. The molecule has 7 nitrogen and oxygen atoms in total. The van der Waals surface area contributed by atoms with E-state index in [2.05, 4.69) is 26.6 Å². The normalized spacial score (nSPS) is 15.7. The van der Waals surface area contributed by atoms with E-state index in [9.17, 15) is 9.59 Å². The van der Waals surface area contributed by atoms with E-state index in [1.807, 2.05) is 30.3 Å². The second-order valence-corrected chi connectivity index (χ2v) is 8.53. The number of amides is 2. The van der Waals surface area contributed by atoms with Crippen LogP contribution in [0.3, 0.4) is 0 Å². The SMILES string of the molecule is COc1ccc(OC)c([C@H]2NC(=O)NC(C)=C2C(=O)OCCSc2ccccc2)c1Br. The lowest BCUT2D eigenvalue weighted by Crippen LogP contribution is -2.45. The van der Waals surface area contributed by atoms with Gasteiger partial charge in [0.2, 0.25) is 0 Å². The summed E-state index contributed by atoms with van der Waals surface area (Å²) >= 11 is 5.12. The lowest BCUT2D eigenvalue weighted by molar-refractivity contribution is -0.138. The third-order valence-electron chi connectivity index (χ3n) is 4.65. The first-order valence-corrected chi connectivity index (χ1v) is 11.3. The molecule has 0 saturated carbocycles. The predicted octanol–water partition coefficient (Wildman–Crippen LogP) is 4.43. The average molecular weight is 507 g/mol. The van der Waals surface area contributed by atoms with Crippen LogP contribution in [-0.4, -0.2) is 38.6 Å². The highest BCUT2D eigenvalue weighted by molar-refractivity contribution is 9.10. The second-order valence-electron chi connectivity index (χ2n) is 6.57. The third-order valence-corrected chi connectivity index (χ3v) is 6.44. The van der Waals surface area contributed by atoms with E-state index >= 15 is 0 Å². The van der Waals surface area contributed by atoms with Crippen LogP contribution in [0.1, 0.15) is 18.5 Å². The molecule has 1 heterocycles. The Kier molecular flexibility index (Phi) is 7.86. The first-order valence-electron chi connectivity index (χ1n) is 9.49. The molecule has 2 aromatic carbocycles. The van der Waals surface area contributed by atoms with Crippen molar-refractivity contribution >= 4 is 39.7 Å². The molecule has 2 amide bonds. The molecule has 0 radical (unpaired) electrons.